The fourth-order valence-electron chi connectivity index (χ4n) is 2.77. The van der Waals surface area contributed by atoms with E-state index in [0.717, 1.165) is 11.3 Å². The van der Waals surface area contributed by atoms with Gasteiger partial charge in [-0.1, -0.05) is 26.0 Å². The first kappa shape index (κ1) is 17.2. The molecule has 1 aromatic rings. The van der Waals surface area contributed by atoms with E-state index in [9.17, 15) is 8.42 Å². The van der Waals surface area contributed by atoms with Crippen molar-refractivity contribution in [2.75, 3.05) is 39.8 Å². The van der Waals surface area contributed by atoms with E-state index in [1.165, 1.54) is 4.31 Å². The molecule has 1 aromatic carbocycles. The van der Waals surface area contributed by atoms with Crippen LogP contribution in [0.2, 0.25) is 0 Å². The second-order valence-electron chi connectivity index (χ2n) is 5.20. The number of piperazine rings is 1. The van der Waals surface area contributed by atoms with Crippen LogP contribution in [0.3, 0.4) is 0 Å². The minimum absolute atomic E-state index is 0.190. The van der Waals surface area contributed by atoms with E-state index in [2.05, 4.69) is 5.32 Å². The Kier molecular flexibility index (Phi) is 5.80. The summed E-state index contributed by atoms with van der Waals surface area (Å²) < 4.78 is 34.0. The van der Waals surface area contributed by atoms with Gasteiger partial charge in [-0.15, -0.1) is 0 Å². The van der Waals surface area contributed by atoms with Crippen LogP contribution in [0.25, 0.3) is 0 Å². The molecule has 6 nitrogen and oxygen atoms in total. The molecule has 0 aliphatic carbocycles. The van der Waals surface area contributed by atoms with Gasteiger partial charge >= 0.3 is 0 Å². The van der Waals surface area contributed by atoms with Crippen LogP contribution < -0.4 is 10.1 Å². The Hall–Kier alpha value is -1.15. The molecule has 1 N–H and O–H groups in total. The highest BCUT2D eigenvalue weighted by atomic mass is 32.2. The highest BCUT2D eigenvalue weighted by Crippen LogP contribution is 2.28. The van der Waals surface area contributed by atoms with E-state index in [1.807, 2.05) is 38.1 Å². The molecule has 0 saturated carbocycles. The van der Waals surface area contributed by atoms with Gasteiger partial charge in [0.15, 0.2) is 0 Å². The van der Waals surface area contributed by atoms with Gasteiger partial charge in [-0.25, -0.2) is 0 Å². The fourth-order valence-corrected chi connectivity index (χ4v) is 4.56. The van der Waals surface area contributed by atoms with E-state index < -0.39 is 10.2 Å². The van der Waals surface area contributed by atoms with Gasteiger partial charge in [0.05, 0.1) is 13.2 Å². The largest absolute Gasteiger partial charge is 0.497 e. The zero-order valence-corrected chi connectivity index (χ0v) is 14.3. The average Bonchev–Trinajstić information content (AvgIpc) is 2.56. The highest BCUT2D eigenvalue weighted by Gasteiger charge is 2.36. The Morgan fingerprint density at radius 2 is 1.91 bits per heavy atom. The van der Waals surface area contributed by atoms with Crippen molar-refractivity contribution in [3.05, 3.63) is 29.8 Å². The minimum atomic E-state index is -3.44. The maximum Gasteiger partial charge on any atom is 0.282 e. The molecule has 22 heavy (non-hydrogen) atoms. The van der Waals surface area contributed by atoms with Crippen molar-refractivity contribution >= 4 is 10.2 Å². The summed E-state index contributed by atoms with van der Waals surface area (Å²) in [5.74, 6) is 0.769. The zero-order valence-electron chi connectivity index (χ0n) is 13.4. The van der Waals surface area contributed by atoms with Gasteiger partial charge in [-0.05, 0) is 17.7 Å². The molecular weight excluding hydrogens is 302 g/mol. The molecular formula is C15H25N3O3S. The Morgan fingerprint density at radius 1 is 1.27 bits per heavy atom. The summed E-state index contributed by atoms with van der Waals surface area (Å²) in [5, 5.41) is 3.28. The molecule has 1 fully saturated rings. The Labute approximate surface area is 133 Å². The lowest BCUT2D eigenvalue weighted by Crippen LogP contribution is -2.53. The highest BCUT2D eigenvalue weighted by molar-refractivity contribution is 7.86. The third kappa shape index (κ3) is 3.43. The molecule has 1 atom stereocenters. The van der Waals surface area contributed by atoms with Crippen LogP contribution >= 0.6 is 0 Å². The molecule has 0 unspecified atom stereocenters. The predicted molar refractivity (Wildman–Crippen MR) is 87.2 cm³/mol. The van der Waals surface area contributed by atoms with Gasteiger partial charge in [0, 0.05) is 32.7 Å². The Balaban J connectivity index is 2.31. The van der Waals surface area contributed by atoms with Crippen LogP contribution in [-0.4, -0.2) is 56.9 Å². The predicted octanol–water partition coefficient (Wildman–Crippen LogP) is 1.23. The van der Waals surface area contributed by atoms with E-state index in [4.69, 9.17) is 4.74 Å². The second kappa shape index (κ2) is 7.41. The first-order valence-electron chi connectivity index (χ1n) is 7.66. The molecule has 0 amide bonds. The molecule has 1 saturated heterocycles. The van der Waals surface area contributed by atoms with Crippen molar-refractivity contribution < 1.29 is 13.2 Å². The molecule has 0 radical (unpaired) electrons. The third-order valence-electron chi connectivity index (χ3n) is 4.02. The maximum absolute atomic E-state index is 12.9. The smallest absolute Gasteiger partial charge is 0.282 e. The summed E-state index contributed by atoms with van der Waals surface area (Å²) in [4.78, 5) is 0. The molecule has 1 aliphatic rings. The summed E-state index contributed by atoms with van der Waals surface area (Å²) in [5.41, 5.74) is 0.976. The number of benzene rings is 1. The van der Waals surface area contributed by atoms with Crippen molar-refractivity contribution in [3.8, 4) is 5.75 Å². The zero-order chi connectivity index (χ0) is 16.2. The number of rotatable bonds is 6. The molecule has 0 aromatic heterocycles. The lowest BCUT2D eigenvalue weighted by molar-refractivity contribution is 0.249. The van der Waals surface area contributed by atoms with E-state index >= 15 is 0 Å². The lowest BCUT2D eigenvalue weighted by Gasteiger charge is -2.38. The molecule has 0 spiro atoms. The minimum Gasteiger partial charge on any atom is -0.497 e. The number of hydrogen-bond acceptors (Lipinski definition) is 4. The Morgan fingerprint density at radius 3 is 2.45 bits per heavy atom. The summed E-state index contributed by atoms with van der Waals surface area (Å²) in [7, 11) is -1.82. The maximum atomic E-state index is 12.9. The Bertz CT molecular complexity index is 570. The van der Waals surface area contributed by atoms with Gasteiger partial charge in [-0.2, -0.15) is 17.0 Å². The molecule has 0 bridgehead atoms. The number of hydrogen-bond donors (Lipinski definition) is 1. The average molecular weight is 327 g/mol. The van der Waals surface area contributed by atoms with Crippen LogP contribution in [0.1, 0.15) is 25.5 Å². The quantitative estimate of drug-likeness (QED) is 0.854. The van der Waals surface area contributed by atoms with Crippen LogP contribution in [0.5, 0.6) is 5.75 Å². The molecule has 1 aliphatic heterocycles. The van der Waals surface area contributed by atoms with Gasteiger partial charge < -0.3 is 10.1 Å². The second-order valence-corrected chi connectivity index (χ2v) is 7.08. The number of methoxy groups -OCH3 is 1. The monoisotopic (exact) mass is 327 g/mol. The van der Waals surface area contributed by atoms with Gasteiger partial charge in [0.25, 0.3) is 10.2 Å². The van der Waals surface area contributed by atoms with Crippen LogP contribution in [0, 0.1) is 0 Å². The van der Waals surface area contributed by atoms with E-state index in [0.29, 0.717) is 32.7 Å². The topological polar surface area (TPSA) is 61.9 Å². The van der Waals surface area contributed by atoms with Gasteiger partial charge in [0.1, 0.15) is 5.75 Å². The molecule has 124 valence electrons. The molecule has 7 heteroatoms. The van der Waals surface area contributed by atoms with Crippen LogP contribution in [0.15, 0.2) is 24.3 Å². The van der Waals surface area contributed by atoms with Crippen LogP contribution in [-0.2, 0) is 10.2 Å². The fraction of sp³-hybridized carbons (Fsp3) is 0.600. The standard InChI is InChI=1S/C15H25N3O3S/c1-4-17(5-2)22(19,20)18-11-10-16-12-15(18)13-6-8-14(21-3)9-7-13/h6-9,15-16H,4-5,10-12H2,1-3H3/t15-/m1/s1. The first-order valence-corrected chi connectivity index (χ1v) is 9.05. The van der Waals surface area contributed by atoms with Crippen molar-refractivity contribution in [1.82, 2.24) is 13.9 Å². The van der Waals surface area contributed by atoms with Crippen LogP contribution in [0.4, 0.5) is 0 Å². The summed E-state index contributed by atoms with van der Waals surface area (Å²) in [6.45, 7) is 6.48. The number of nitrogens with zero attached hydrogens (tertiary/aromatic N) is 2. The van der Waals surface area contributed by atoms with Crippen molar-refractivity contribution in [1.29, 1.82) is 0 Å². The summed E-state index contributed by atoms with van der Waals surface area (Å²) in [6.07, 6.45) is 0. The van der Waals surface area contributed by atoms with Crippen molar-refractivity contribution in [2.45, 2.75) is 19.9 Å². The lowest BCUT2D eigenvalue weighted by atomic mass is 10.1. The normalized spacial score (nSPS) is 20.3. The molecule has 2 rings (SSSR count). The van der Waals surface area contributed by atoms with Crippen molar-refractivity contribution in [3.63, 3.8) is 0 Å². The van der Waals surface area contributed by atoms with E-state index in [1.54, 1.807) is 11.4 Å². The van der Waals surface area contributed by atoms with Gasteiger partial charge in [-0.3, -0.25) is 0 Å². The summed E-state index contributed by atoms with van der Waals surface area (Å²) >= 11 is 0. The summed E-state index contributed by atoms with van der Waals surface area (Å²) in [6, 6.07) is 7.41. The third-order valence-corrected chi connectivity index (χ3v) is 6.22. The molecule has 1 heterocycles. The van der Waals surface area contributed by atoms with Crippen molar-refractivity contribution in [2.24, 2.45) is 0 Å². The van der Waals surface area contributed by atoms with Gasteiger partial charge in [0.2, 0.25) is 0 Å². The first-order chi connectivity index (χ1) is 10.5. The number of ether oxygens (including phenoxy) is 1. The number of nitrogens with one attached hydrogen (secondary N) is 1. The van der Waals surface area contributed by atoms with E-state index in [-0.39, 0.29) is 6.04 Å². The SMILES string of the molecule is CCN(CC)S(=O)(=O)N1CCNC[C@@H]1c1ccc(OC)cc1.